The molecule has 2 heterocycles. The summed E-state index contributed by atoms with van der Waals surface area (Å²) in [5, 5.41) is 3.81. The highest BCUT2D eigenvalue weighted by molar-refractivity contribution is 6.31. The van der Waals surface area contributed by atoms with Crippen molar-refractivity contribution in [3.8, 4) is 0 Å². The summed E-state index contributed by atoms with van der Waals surface area (Å²) in [5.74, 6) is 0.243. The molecule has 4 rings (SSSR count). The highest BCUT2D eigenvalue weighted by Crippen LogP contribution is 2.33. The standard InChI is InChI=1S/C21H19ClN4O/c1-13-12-15-6-3-4-9-19(15)26(13)20(27)18-10-11-23-21(25-18)24-17-8-5-7-16(22)14(17)2/h3-11,13H,12H2,1-2H3,(H,23,24,25). The number of nitrogens with zero attached hydrogens (tertiary/aromatic N) is 3. The maximum atomic E-state index is 13.1. The summed E-state index contributed by atoms with van der Waals surface area (Å²) in [7, 11) is 0. The Morgan fingerprint density at radius 3 is 2.85 bits per heavy atom. The van der Waals surface area contributed by atoms with Crippen molar-refractivity contribution in [2.75, 3.05) is 10.2 Å². The molecule has 0 bridgehead atoms. The van der Waals surface area contributed by atoms with E-state index in [9.17, 15) is 4.79 Å². The maximum absolute atomic E-state index is 13.1. The molecule has 0 saturated carbocycles. The molecule has 6 heteroatoms. The van der Waals surface area contributed by atoms with E-state index in [0.29, 0.717) is 16.7 Å². The molecule has 1 aliphatic heterocycles. The van der Waals surface area contributed by atoms with Crippen molar-refractivity contribution in [1.29, 1.82) is 0 Å². The number of carbonyl (C=O) groups is 1. The smallest absolute Gasteiger partial charge is 0.277 e. The summed E-state index contributed by atoms with van der Waals surface area (Å²) in [6, 6.07) is 15.3. The number of carbonyl (C=O) groups excluding carboxylic acids is 1. The van der Waals surface area contributed by atoms with Gasteiger partial charge in [-0.2, -0.15) is 0 Å². The zero-order valence-electron chi connectivity index (χ0n) is 15.1. The maximum Gasteiger partial charge on any atom is 0.277 e. The molecule has 0 aliphatic carbocycles. The van der Waals surface area contributed by atoms with Crippen LogP contribution in [-0.4, -0.2) is 21.9 Å². The molecule has 5 nitrogen and oxygen atoms in total. The summed E-state index contributed by atoms with van der Waals surface area (Å²) in [6.45, 7) is 3.97. The van der Waals surface area contributed by atoms with Crippen LogP contribution in [0.15, 0.2) is 54.7 Å². The van der Waals surface area contributed by atoms with Crippen molar-refractivity contribution >= 4 is 34.8 Å². The van der Waals surface area contributed by atoms with Crippen molar-refractivity contribution < 1.29 is 4.79 Å². The van der Waals surface area contributed by atoms with Crippen LogP contribution in [0.1, 0.15) is 28.5 Å². The lowest BCUT2D eigenvalue weighted by Crippen LogP contribution is -2.36. The van der Waals surface area contributed by atoms with Crippen LogP contribution >= 0.6 is 11.6 Å². The van der Waals surface area contributed by atoms with Gasteiger partial charge < -0.3 is 10.2 Å². The molecule has 136 valence electrons. The molecule has 27 heavy (non-hydrogen) atoms. The van der Waals surface area contributed by atoms with E-state index in [0.717, 1.165) is 23.4 Å². The number of anilines is 3. The highest BCUT2D eigenvalue weighted by atomic mass is 35.5. The number of para-hydroxylation sites is 1. The fraction of sp³-hybridized carbons (Fsp3) is 0.190. The van der Waals surface area contributed by atoms with E-state index in [1.165, 1.54) is 5.56 Å². The van der Waals surface area contributed by atoms with Gasteiger partial charge in [-0.3, -0.25) is 4.79 Å². The second kappa shape index (κ2) is 7.00. The predicted octanol–water partition coefficient (Wildman–Crippen LogP) is 4.77. The van der Waals surface area contributed by atoms with Gasteiger partial charge in [0.1, 0.15) is 5.69 Å². The summed E-state index contributed by atoms with van der Waals surface area (Å²) < 4.78 is 0. The van der Waals surface area contributed by atoms with E-state index >= 15 is 0 Å². The van der Waals surface area contributed by atoms with Gasteiger partial charge in [-0.15, -0.1) is 0 Å². The number of nitrogens with one attached hydrogen (secondary N) is 1. The first-order chi connectivity index (χ1) is 13.0. The lowest BCUT2D eigenvalue weighted by molar-refractivity contribution is 0.0976. The number of rotatable bonds is 3. The third-order valence-corrected chi connectivity index (χ3v) is 5.22. The molecule has 1 unspecified atom stereocenters. The van der Waals surface area contributed by atoms with E-state index in [-0.39, 0.29) is 11.9 Å². The average molecular weight is 379 g/mol. The molecule has 1 aliphatic rings. The molecule has 3 aromatic rings. The first-order valence-electron chi connectivity index (χ1n) is 8.81. The average Bonchev–Trinajstić information content (AvgIpc) is 3.01. The Kier molecular flexibility index (Phi) is 4.54. The van der Waals surface area contributed by atoms with Crippen molar-refractivity contribution in [1.82, 2.24) is 9.97 Å². The van der Waals surface area contributed by atoms with E-state index < -0.39 is 0 Å². The van der Waals surface area contributed by atoms with Gasteiger partial charge in [0.15, 0.2) is 0 Å². The number of hydrogen-bond donors (Lipinski definition) is 1. The molecule has 0 saturated heterocycles. The third-order valence-electron chi connectivity index (χ3n) is 4.81. The Bertz CT molecular complexity index is 1020. The zero-order valence-corrected chi connectivity index (χ0v) is 15.9. The SMILES string of the molecule is Cc1c(Cl)cccc1Nc1nccc(C(=O)N2c3ccccc3CC2C)n1. The van der Waals surface area contributed by atoms with Gasteiger partial charge in [0, 0.05) is 28.6 Å². The Labute approximate surface area is 163 Å². The van der Waals surface area contributed by atoms with Crippen LogP contribution in [0, 0.1) is 6.92 Å². The zero-order chi connectivity index (χ0) is 19.0. The van der Waals surface area contributed by atoms with Crippen LogP contribution in [0.2, 0.25) is 5.02 Å². The lowest BCUT2D eigenvalue weighted by atomic mass is 10.1. The molecule has 0 fully saturated rings. The minimum atomic E-state index is -0.124. The van der Waals surface area contributed by atoms with E-state index in [1.807, 2.05) is 55.1 Å². The molecule has 0 spiro atoms. The minimum Gasteiger partial charge on any atom is -0.324 e. The van der Waals surface area contributed by atoms with Crippen molar-refractivity contribution in [2.45, 2.75) is 26.3 Å². The highest BCUT2D eigenvalue weighted by Gasteiger charge is 2.32. The first-order valence-corrected chi connectivity index (χ1v) is 9.19. The fourth-order valence-corrected chi connectivity index (χ4v) is 3.57. The van der Waals surface area contributed by atoms with Crippen molar-refractivity contribution in [3.63, 3.8) is 0 Å². The van der Waals surface area contributed by atoms with Crippen molar-refractivity contribution in [3.05, 3.63) is 76.6 Å². The number of hydrogen-bond acceptors (Lipinski definition) is 4. The second-order valence-electron chi connectivity index (χ2n) is 6.66. The monoisotopic (exact) mass is 378 g/mol. The van der Waals surface area contributed by atoms with Crippen LogP contribution < -0.4 is 10.2 Å². The molecule has 2 aromatic carbocycles. The van der Waals surface area contributed by atoms with Gasteiger partial charge in [-0.1, -0.05) is 35.9 Å². The van der Waals surface area contributed by atoms with E-state index in [1.54, 1.807) is 12.3 Å². The van der Waals surface area contributed by atoms with Crippen LogP contribution in [0.25, 0.3) is 0 Å². The summed E-state index contributed by atoms with van der Waals surface area (Å²) >= 11 is 6.17. The van der Waals surface area contributed by atoms with E-state index in [4.69, 9.17) is 11.6 Å². The largest absolute Gasteiger partial charge is 0.324 e. The molecule has 1 atom stereocenters. The van der Waals surface area contributed by atoms with Crippen LogP contribution in [0.5, 0.6) is 0 Å². The summed E-state index contributed by atoms with van der Waals surface area (Å²) in [4.78, 5) is 23.6. The third kappa shape index (κ3) is 3.26. The Balaban J connectivity index is 1.63. The van der Waals surface area contributed by atoms with Crippen molar-refractivity contribution in [2.24, 2.45) is 0 Å². The first kappa shape index (κ1) is 17.5. The lowest BCUT2D eigenvalue weighted by Gasteiger charge is -2.22. The van der Waals surface area contributed by atoms with Gasteiger partial charge in [-0.05, 0) is 55.7 Å². The number of benzene rings is 2. The summed E-state index contributed by atoms with van der Waals surface area (Å²) in [6.07, 6.45) is 2.44. The minimum absolute atomic E-state index is 0.0939. The Hall–Kier alpha value is -2.92. The van der Waals surface area contributed by atoms with Crippen LogP contribution in [0.4, 0.5) is 17.3 Å². The molecule has 1 amide bonds. The van der Waals surface area contributed by atoms with Gasteiger partial charge in [0.2, 0.25) is 5.95 Å². The van der Waals surface area contributed by atoms with E-state index in [2.05, 4.69) is 21.4 Å². The normalized spacial score (nSPS) is 15.5. The van der Waals surface area contributed by atoms with Gasteiger partial charge in [-0.25, -0.2) is 9.97 Å². The Morgan fingerprint density at radius 1 is 1.19 bits per heavy atom. The second-order valence-corrected chi connectivity index (χ2v) is 7.07. The Morgan fingerprint density at radius 2 is 2.00 bits per heavy atom. The number of aromatic nitrogens is 2. The summed E-state index contributed by atoms with van der Waals surface area (Å²) in [5.41, 5.74) is 4.21. The number of amides is 1. The van der Waals surface area contributed by atoms with Gasteiger partial charge in [0.25, 0.3) is 5.91 Å². The fourth-order valence-electron chi connectivity index (χ4n) is 3.40. The molecule has 0 radical (unpaired) electrons. The molecular formula is C21H19ClN4O. The molecule has 1 N–H and O–H groups in total. The van der Waals surface area contributed by atoms with Gasteiger partial charge >= 0.3 is 0 Å². The quantitative estimate of drug-likeness (QED) is 0.713. The molecule has 1 aromatic heterocycles. The van der Waals surface area contributed by atoms with Crippen LogP contribution in [-0.2, 0) is 6.42 Å². The van der Waals surface area contributed by atoms with Gasteiger partial charge in [0.05, 0.1) is 0 Å². The number of fused-ring (bicyclic) bond motifs is 1. The van der Waals surface area contributed by atoms with Crippen LogP contribution in [0.3, 0.4) is 0 Å². The number of halogens is 1. The predicted molar refractivity (Wildman–Crippen MR) is 108 cm³/mol. The topological polar surface area (TPSA) is 58.1 Å². The molecular weight excluding hydrogens is 360 g/mol.